The van der Waals surface area contributed by atoms with Gasteiger partial charge < -0.3 is 19.5 Å². The molecule has 1 saturated carbocycles. The summed E-state index contributed by atoms with van der Waals surface area (Å²) in [5.41, 5.74) is 3.23. The molecule has 0 bridgehead atoms. The molecule has 1 N–H and O–H groups in total. The van der Waals surface area contributed by atoms with Crippen molar-refractivity contribution in [1.29, 1.82) is 0 Å². The molecule has 4 rings (SSSR count). The van der Waals surface area contributed by atoms with Crippen LogP contribution >= 0.6 is 0 Å². The van der Waals surface area contributed by atoms with Gasteiger partial charge >= 0.3 is 0 Å². The van der Waals surface area contributed by atoms with Crippen LogP contribution in [0.4, 0.5) is 0 Å². The van der Waals surface area contributed by atoms with E-state index in [-0.39, 0.29) is 29.8 Å². The van der Waals surface area contributed by atoms with Crippen LogP contribution in [0.1, 0.15) is 58.1 Å². The largest absolute Gasteiger partial charge is 0.494 e. The van der Waals surface area contributed by atoms with Gasteiger partial charge in [0, 0.05) is 42.7 Å². The zero-order chi connectivity index (χ0) is 25.7. The van der Waals surface area contributed by atoms with Gasteiger partial charge in [0.1, 0.15) is 12.3 Å². The standard InChI is InChI=1S/C30H39N3O3/c1-5-36-25-14-10-22(11-15-25)20-32(17-16-23-19-31-27-9-7-6-8-26(23)27)29(35)21-33(24-12-13-24)28(34)18-30(2,3)4/h6-11,14-15,19,24,31H,5,12-13,16-18,20-21H2,1-4H3. The highest BCUT2D eigenvalue weighted by atomic mass is 16.5. The Morgan fingerprint density at radius 1 is 1.03 bits per heavy atom. The van der Waals surface area contributed by atoms with E-state index in [1.54, 1.807) is 0 Å². The molecule has 0 unspecified atom stereocenters. The number of hydrogen-bond acceptors (Lipinski definition) is 3. The molecule has 0 aliphatic heterocycles. The Morgan fingerprint density at radius 2 is 1.75 bits per heavy atom. The lowest BCUT2D eigenvalue weighted by Gasteiger charge is -2.30. The highest BCUT2D eigenvalue weighted by Crippen LogP contribution is 2.30. The number of nitrogens with zero attached hydrogens (tertiary/aromatic N) is 2. The highest BCUT2D eigenvalue weighted by molar-refractivity contribution is 5.86. The van der Waals surface area contributed by atoms with Gasteiger partial charge in [-0.3, -0.25) is 9.59 Å². The maximum absolute atomic E-state index is 13.7. The first-order valence-electron chi connectivity index (χ1n) is 13.1. The van der Waals surface area contributed by atoms with Gasteiger partial charge in [-0.25, -0.2) is 0 Å². The fraction of sp³-hybridized carbons (Fsp3) is 0.467. The molecule has 1 aromatic heterocycles. The van der Waals surface area contributed by atoms with E-state index in [1.165, 1.54) is 10.9 Å². The van der Waals surface area contributed by atoms with Crippen molar-refractivity contribution in [3.63, 3.8) is 0 Å². The molecule has 1 aliphatic carbocycles. The third kappa shape index (κ3) is 6.90. The highest BCUT2D eigenvalue weighted by Gasteiger charge is 2.36. The molecule has 36 heavy (non-hydrogen) atoms. The molecule has 6 nitrogen and oxygen atoms in total. The minimum absolute atomic E-state index is 0.00196. The monoisotopic (exact) mass is 489 g/mol. The number of carbonyl (C=O) groups is 2. The van der Waals surface area contributed by atoms with Crippen molar-refractivity contribution in [2.45, 2.75) is 66.0 Å². The number of ether oxygens (including phenoxy) is 1. The number of amides is 2. The first-order valence-corrected chi connectivity index (χ1v) is 13.1. The van der Waals surface area contributed by atoms with Crippen molar-refractivity contribution in [1.82, 2.24) is 14.8 Å². The molecular weight excluding hydrogens is 450 g/mol. The first kappa shape index (κ1) is 25.8. The molecule has 0 atom stereocenters. The zero-order valence-electron chi connectivity index (χ0n) is 22.0. The van der Waals surface area contributed by atoms with Crippen LogP contribution in [-0.4, -0.2) is 52.3 Å². The van der Waals surface area contributed by atoms with E-state index in [2.05, 4.69) is 37.9 Å². The quantitative estimate of drug-likeness (QED) is 0.383. The Kier molecular flexibility index (Phi) is 8.02. The average molecular weight is 490 g/mol. The Morgan fingerprint density at radius 3 is 2.42 bits per heavy atom. The third-order valence-corrected chi connectivity index (χ3v) is 6.58. The maximum atomic E-state index is 13.7. The first-order chi connectivity index (χ1) is 17.2. The second-order valence-electron chi connectivity index (χ2n) is 11.0. The third-order valence-electron chi connectivity index (χ3n) is 6.58. The van der Waals surface area contributed by atoms with Gasteiger partial charge in [0.2, 0.25) is 11.8 Å². The molecule has 3 aromatic rings. The molecule has 0 spiro atoms. The van der Waals surface area contributed by atoms with E-state index in [4.69, 9.17) is 4.74 Å². The maximum Gasteiger partial charge on any atom is 0.242 e. The number of fused-ring (bicyclic) bond motifs is 1. The van der Waals surface area contributed by atoms with Crippen LogP contribution in [0.3, 0.4) is 0 Å². The van der Waals surface area contributed by atoms with Crippen molar-refractivity contribution in [3.8, 4) is 5.75 Å². The lowest BCUT2D eigenvalue weighted by atomic mass is 9.91. The Balaban J connectivity index is 1.50. The summed E-state index contributed by atoms with van der Waals surface area (Å²) in [4.78, 5) is 33.8. The predicted molar refractivity (Wildman–Crippen MR) is 144 cm³/mol. The lowest BCUT2D eigenvalue weighted by molar-refractivity contribution is -0.142. The van der Waals surface area contributed by atoms with Crippen molar-refractivity contribution >= 4 is 22.7 Å². The fourth-order valence-corrected chi connectivity index (χ4v) is 4.57. The van der Waals surface area contributed by atoms with E-state index < -0.39 is 0 Å². The number of carbonyl (C=O) groups excluding carboxylic acids is 2. The van der Waals surface area contributed by atoms with Gasteiger partial charge in [-0.15, -0.1) is 0 Å². The fourth-order valence-electron chi connectivity index (χ4n) is 4.57. The van der Waals surface area contributed by atoms with Crippen molar-refractivity contribution in [2.75, 3.05) is 19.7 Å². The number of nitrogens with one attached hydrogen (secondary N) is 1. The van der Waals surface area contributed by atoms with Gasteiger partial charge in [-0.05, 0) is 60.9 Å². The second-order valence-corrected chi connectivity index (χ2v) is 11.0. The number of para-hydroxylation sites is 1. The normalized spacial score (nSPS) is 13.6. The molecule has 0 radical (unpaired) electrons. The molecule has 1 heterocycles. The van der Waals surface area contributed by atoms with Crippen LogP contribution in [0, 0.1) is 5.41 Å². The molecular formula is C30H39N3O3. The number of hydrogen-bond donors (Lipinski definition) is 1. The van der Waals surface area contributed by atoms with E-state index in [0.29, 0.717) is 26.1 Å². The molecule has 1 fully saturated rings. The molecule has 2 amide bonds. The number of benzene rings is 2. The number of aromatic amines is 1. The lowest BCUT2D eigenvalue weighted by Crippen LogP contribution is -2.45. The Hall–Kier alpha value is -3.28. The van der Waals surface area contributed by atoms with Crippen LogP contribution in [-0.2, 0) is 22.6 Å². The average Bonchev–Trinajstić information content (AvgIpc) is 3.59. The van der Waals surface area contributed by atoms with Gasteiger partial charge in [0.15, 0.2) is 0 Å². The smallest absolute Gasteiger partial charge is 0.242 e. The van der Waals surface area contributed by atoms with Crippen molar-refractivity contribution in [2.24, 2.45) is 5.41 Å². The van der Waals surface area contributed by atoms with Gasteiger partial charge in [0.05, 0.1) is 6.61 Å². The van der Waals surface area contributed by atoms with Crippen LogP contribution in [0.25, 0.3) is 10.9 Å². The molecule has 2 aromatic carbocycles. The van der Waals surface area contributed by atoms with E-state index >= 15 is 0 Å². The topological polar surface area (TPSA) is 65.6 Å². The number of H-pyrrole nitrogens is 1. The summed E-state index contributed by atoms with van der Waals surface area (Å²) in [6.07, 6.45) is 5.19. The van der Waals surface area contributed by atoms with E-state index in [1.807, 2.05) is 59.3 Å². The summed E-state index contributed by atoms with van der Waals surface area (Å²) >= 11 is 0. The van der Waals surface area contributed by atoms with Crippen LogP contribution < -0.4 is 4.74 Å². The minimum Gasteiger partial charge on any atom is -0.494 e. The van der Waals surface area contributed by atoms with Crippen LogP contribution in [0.15, 0.2) is 54.7 Å². The van der Waals surface area contributed by atoms with Crippen LogP contribution in [0.5, 0.6) is 5.75 Å². The van der Waals surface area contributed by atoms with Crippen LogP contribution in [0.2, 0.25) is 0 Å². The summed E-state index contributed by atoms with van der Waals surface area (Å²) in [5.74, 6) is 0.902. The predicted octanol–water partition coefficient (Wildman–Crippen LogP) is 5.57. The summed E-state index contributed by atoms with van der Waals surface area (Å²) < 4.78 is 5.57. The molecule has 1 aliphatic rings. The summed E-state index contributed by atoms with van der Waals surface area (Å²) in [5, 5.41) is 1.19. The van der Waals surface area contributed by atoms with Gasteiger partial charge in [-0.2, -0.15) is 0 Å². The second kappa shape index (κ2) is 11.2. The number of rotatable bonds is 11. The SMILES string of the molecule is CCOc1ccc(CN(CCc2c[nH]c3ccccc23)C(=O)CN(C(=O)CC(C)(C)C)C2CC2)cc1. The molecule has 0 saturated heterocycles. The minimum atomic E-state index is -0.107. The Labute approximate surface area is 214 Å². The van der Waals surface area contributed by atoms with E-state index in [0.717, 1.165) is 36.1 Å². The van der Waals surface area contributed by atoms with Gasteiger partial charge in [-0.1, -0.05) is 51.1 Å². The summed E-state index contributed by atoms with van der Waals surface area (Å²) in [6.45, 7) is 10.0. The summed E-state index contributed by atoms with van der Waals surface area (Å²) in [6, 6.07) is 16.4. The van der Waals surface area contributed by atoms with Crippen molar-refractivity contribution in [3.05, 3.63) is 65.9 Å². The number of aromatic nitrogens is 1. The molecule has 192 valence electrons. The van der Waals surface area contributed by atoms with E-state index in [9.17, 15) is 9.59 Å². The summed E-state index contributed by atoms with van der Waals surface area (Å²) in [7, 11) is 0. The van der Waals surface area contributed by atoms with Gasteiger partial charge in [0.25, 0.3) is 0 Å². The zero-order valence-corrected chi connectivity index (χ0v) is 22.0. The Bertz CT molecular complexity index is 1170. The van der Waals surface area contributed by atoms with Crippen molar-refractivity contribution < 1.29 is 14.3 Å². The molecule has 6 heteroatoms.